The normalized spacial score (nSPS) is 19.1. The van der Waals surface area contributed by atoms with Crippen molar-refractivity contribution in [3.63, 3.8) is 0 Å². The van der Waals surface area contributed by atoms with Crippen LogP contribution in [0.15, 0.2) is 0 Å². The largest absolute Gasteiger partial charge is 0.347 e. The Hall–Kier alpha value is -0.260. The predicted octanol–water partition coefficient (Wildman–Crippen LogP) is 3.54. The first-order chi connectivity index (χ1) is 9.55. The number of aromatic nitrogens is 1. The van der Waals surface area contributed by atoms with Crippen molar-refractivity contribution in [2.24, 2.45) is 0 Å². The maximum atomic E-state index is 4.93. The van der Waals surface area contributed by atoms with Crippen molar-refractivity contribution in [1.29, 1.82) is 0 Å². The molecule has 2 rings (SSSR count). The Bertz CT molecular complexity index is 405. The molecule has 5 heteroatoms. The van der Waals surface area contributed by atoms with E-state index in [0.717, 1.165) is 26.1 Å². The summed E-state index contributed by atoms with van der Waals surface area (Å²) in [5.41, 5.74) is 1.30. The van der Waals surface area contributed by atoms with Gasteiger partial charge in [-0.05, 0) is 19.9 Å². The zero-order chi connectivity index (χ0) is 14.6. The molecular weight excluding hydrogens is 286 g/mol. The maximum absolute atomic E-state index is 4.93. The van der Waals surface area contributed by atoms with E-state index in [-0.39, 0.29) is 0 Å². The minimum absolute atomic E-state index is 0.409. The highest BCUT2D eigenvalue weighted by Gasteiger charge is 2.25. The van der Waals surface area contributed by atoms with Gasteiger partial charge in [0, 0.05) is 35.0 Å². The first-order valence-corrected chi connectivity index (χ1v) is 9.38. The third kappa shape index (κ3) is 4.12. The van der Waals surface area contributed by atoms with Gasteiger partial charge in [0.1, 0.15) is 0 Å². The van der Waals surface area contributed by atoms with Gasteiger partial charge in [0.2, 0.25) is 0 Å². The molecule has 0 unspecified atom stereocenters. The Balaban J connectivity index is 2.13. The van der Waals surface area contributed by atoms with E-state index < -0.39 is 0 Å². The van der Waals surface area contributed by atoms with E-state index >= 15 is 0 Å². The van der Waals surface area contributed by atoms with Crippen LogP contribution in [-0.2, 0) is 13.0 Å². The summed E-state index contributed by atoms with van der Waals surface area (Å²) < 4.78 is 0.409. The van der Waals surface area contributed by atoms with Crippen molar-refractivity contribution in [2.75, 3.05) is 30.8 Å². The zero-order valence-corrected chi connectivity index (χ0v) is 14.8. The van der Waals surface area contributed by atoms with Crippen LogP contribution in [0.25, 0.3) is 0 Å². The fourth-order valence-corrected chi connectivity index (χ4v) is 4.72. The second kappa shape index (κ2) is 7.14. The molecule has 0 atom stereocenters. The predicted molar refractivity (Wildman–Crippen MR) is 92.2 cm³/mol. The highest BCUT2D eigenvalue weighted by Crippen LogP contribution is 2.34. The molecule has 0 aromatic carbocycles. The van der Waals surface area contributed by atoms with Gasteiger partial charge >= 0.3 is 0 Å². The molecule has 0 amide bonds. The monoisotopic (exact) mass is 313 g/mol. The van der Waals surface area contributed by atoms with Gasteiger partial charge < -0.3 is 10.2 Å². The van der Waals surface area contributed by atoms with Gasteiger partial charge in [0.25, 0.3) is 0 Å². The Morgan fingerprint density at radius 2 is 2.15 bits per heavy atom. The molecule has 1 aromatic rings. The molecule has 1 N–H and O–H groups in total. The summed E-state index contributed by atoms with van der Waals surface area (Å²) in [5.74, 6) is 1.21. The number of nitrogens with zero attached hydrogens (tertiary/aromatic N) is 2. The second-order valence-electron chi connectivity index (χ2n) is 5.99. The summed E-state index contributed by atoms with van der Waals surface area (Å²) in [6.07, 6.45) is 3.51. The minimum Gasteiger partial charge on any atom is -0.347 e. The maximum Gasteiger partial charge on any atom is 0.185 e. The van der Waals surface area contributed by atoms with Crippen LogP contribution in [0.3, 0.4) is 0 Å². The number of thioether (sulfide) groups is 1. The van der Waals surface area contributed by atoms with Crippen LogP contribution in [0.2, 0.25) is 0 Å². The number of nitrogens with one attached hydrogen (secondary N) is 1. The van der Waals surface area contributed by atoms with Crippen molar-refractivity contribution in [2.45, 2.75) is 51.3 Å². The van der Waals surface area contributed by atoms with Gasteiger partial charge in [-0.25, -0.2) is 4.98 Å². The Morgan fingerprint density at radius 1 is 1.35 bits per heavy atom. The highest BCUT2D eigenvalue weighted by molar-refractivity contribution is 8.00. The molecule has 1 saturated heterocycles. The topological polar surface area (TPSA) is 28.2 Å². The molecule has 20 heavy (non-hydrogen) atoms. The van der Waals surface area contributed by atoms with Crippen molar-refractivity contribution in [3.8, 4) is 0 Å². The molecule has 0 saturated carbocycles. The molecule has 0 bridgehead atoms. The molecule has 0 radical (unpaired) electrons. The van der Waals surface area contributed by atoms with E-state index in [1.54, 1.807) is 0 Å². The molecule has 1 fully saturated rings. The van der Waals surface area contributed by atoms with Crippen molar-refractivity contribution >= 4 is 28.2 Å². The second-order valence-corrected chi connectivity index (χ2v) is 8.86. The molecule has 3 nitrogen and oxygen atoms in total. The van der Waals surface area contributed by atoms with Crippen molar-refractivity contribution in [1.82, 2.24) is 10.3 Å². The van der Waals surface area contributed by atoms with Gasteiger partial charge in [-0.3, -0.25) is 0 Å². The van der Waals surface area contributed by atoms with E-state index in [9.17, 15) is 0 Å². The summed E-state index contributed by atoms with van der Waals surface area (Å²) in [6.45, 7) is 10.2. The van der Waals surface area contributed by atoms with Crippen LogP contribution in [-0.4, -0.2) is 35.6 Å². The Morgan fingerprint density at radius 3 is 2.85 bits per heavy atom. The van der Waals surface area contributed by atoms with E-state index in [4.69, 9.17) is 4.98 Å². The molecule has 1 aliphatic heterocycles. The van der Waals surface area contributed by atoms with E-state index in [1.165, 1.54) is 34.3 Å². The highest BCUT2D eigenvalue weighted by atomic mass is 32.2. The van der Waals surface area contributed by atoms with Gasteiger partial charge in [0.05, 0.1) is 5.69 Å². The average Bonchev–Trinajstić information content (AvgIpc) is 2.68. The Labute approximate surface area is 131 Å². The van der Waals surface area contributed by atoms with E-state index in [1.807, 2.05) is 18.4 Å². The number of rotatable bonds is 5. The fourth-order valence-electron chi connectivity index (χ4n) is 2.45. The summed E-state index contributed by atoms with van der Waals surface area (Å²) in [5, 5.41) is 4.51. The lowest BCUT2D eigenvalue weighted by Crippen LogP contribution is -2.26. The molecule has 114 valence electrons. The molecule has 1 aromatic heterocycles. The summed E-state index contributed by atoms with van der Waals surface area (Å²) in [4.78, 5) is 8.83. The lowest BCUT2D eigenvalue weighted by Gasteiger charge is -2.22. The van der Waals surface area contributed by atoms with Gasteiger partial charge in [-0.15, -0.1) is 11.3 Å². The average molecular weight is 314 g/mol. The summed E-state index contributed by atoms with van der Waals surface area (Å²) in [7, 11) is 2.01. The van der Waals surface area contributed by atoms with Crippen molar-refractivity contribution < 1.29 is 0 Å². The zero-order valence-electron chi connectivity index (χ0n) is 13.2. The van der Waals surface area contributed by atoms with Gasteiger partial charge in [0.15, 0.2) is 5.13 Å². The van der Waals surface area contributed by atoms with Gasteiger partial charge in [-0.1, -0.05) is 27.2 Å². The molecule has 0 aliphatic carbocycles. The number of hydrogen-bond donors (Lipinski definition) is 1. The minimum atomic E-state index is 0.409. The first kappa shape index (κ1) is 16.1. The van der Waals surface area contributed by atoms with Crippen molar-refractivity contribution in [3.05, 3.63) is 10.6 Å². The number of hydrogen-bond acceptors (Lipinski definition) is 5. The van der Waals surface area contributed by atoms with E-state index in [2.05, 4.69) is 42.7 Å². The molecular formula is C15H27N3S2. The van der Waals surface area contributed by atoms with Crippen LogP contribution in [0.1, 0.15) is 44.2 Å². The first-order valence-electron chi connectivity index (χ1n) is 7.58. The smallest absolute Gasteiger partial charge is 0.185 e. The standard InChI is InChI=1S/C15H27N3S2/c1-5-6-12-13(11-16-4)20-14(17-12)18-8-7-15(2,3)19-10-9-18/h16H,5-11H2,1-4H3. The SMILES string of the molecule is CCCc1nc(N2CCSC(C)(C)CC2)sc1CNC. The lowest BCUT2D eigenvalue weighted by atomic mass is 10.1. The Kier molecular flexibility index (Phi) is 5.75. The molecule has 0 spiro atoms. The number of anilines is 1. The third-order valence-electron chi connectivity index (χ3n) is 3.70. The lowest BCUT2D eigenvalue weighted by molar-refractivity contribution is 0.636. The number of aryl methyl sites for hydroxylation is 1. The quantitative estimate of drug-likeness (QED) is 0.900. The van der Waals surface area contributed by atoms with Crippen LogP contribution in [0.5, 0.6) is 0 Å². The van der Waals surface area contributed by atoms with Gasteiger partial charge in [-0.2, -0.15) is 11.8 Å². The number of thiazole rings is 1. The van der Waals surface area contributed by atoms with Crippen LogP contribution >= 0.6 is 23.1 Å². The summed E-state index contributed by atoms with van der Waals surface area (Å²) in [6, 6.07) is 0. The van der Waals surface area contributed by atoms with Crippen LogP contribution in [0.4, 0.5) is 5.13 Å². The summed E-state index contributed by atoms with van der Waals surface area (Å²) >= 11 is 3.98. The molecule has 1 aliphatic rings. The van der Waals surface area contributed by atoms with Crippen LogP contribution < -0.4 is 10.2 Å². The molecule has 2 heterocycles. The third-order valence-corrected chi connectivity index (χ3v) is 6.23. The van der Waals surface area contributed by atoms with E-state index in [0.29, 0.717) is 4.75 Å². The van der Waals surface area contributed by atoms with Crippen LogP contribution in [0, 0.1) is 0 Å². The fraction of sp³-hybridized carbons (Fsp3) is 0.800.